The van der Waals surface area contributed by atoms with E-state index in [1.807, 2.05) is 0 Å². The zero-order chi connectivity index (χ0) is 8.81. The van der Waals surface area contributed by atoms with Crippen molar-refractivity contribution in [1.82, 2.24) is 5.32 Å². The van der Waals surface area contributed by atoms with E-state index in [0.717, 1.165) is 25.3 Å². The van der Waals surface area contributed by atoms with Crippen molar-refractivity contribution < 1.29 is 9.47 Å². The second-order valence-corrected chi connectivity index (χ2v) is 2.81. The summed E-state index contributed by atoms with van der Waals surface area (Å²) in [5, 5.41) is 3.31. The van der Waals surface area contributed by atoms with Crippen molar-refractivity contribution in [1.29, 1.82) is 0 Å². The van der Waals surface area contributed by atoms with Crippen LogP contribution in [-0.4, -0.2) is 32.9 Å². The number of hydrogen-bond donors (Lipinski definition) is 1. The lowest BCUT2D eigenvalue weighted by Gasteiger charge is -2.17. The molecule has 1 heterocycles. The van der Waals surface area contributed by atoms with Gasteiger partial charge in [0.2, 0.25) is 0 Å². The second kappa shape index (κ2) is 5.17. The van der Waals surface area contributed by atoms with Crippen LogP contribution in [-0.2, 0) is 9.47 Å². The van der Waals surface area contributed by atoms with Crippen molar-refractivity contribution in [2.75, 3.05) is 26.9 Å². The highest BCUT2D eigenvalue weighted by Gasteiger charge is 2.16. The molecular formula is C9H17NO2. The molecule has 0 aromatic heterocycles. The molecule has 0 saturated carbocycles. The minimum atomic E-state index is 0.238. The maximum absolute atomic E-state index is 5.44. The molecule has 1 unspecified atom stereocenters. The Morgan fingerprint density at radius 2 is 2.58 bits per heavy atom. The largest absolute Gasteiger partial charge is 0.496 e. The molecule has 3 nitrogen and oxygen atoms in total. The molecule has 70 valence electrons. The van der Waals surface area contributed by atoms with Gasteiger partial charge in [0.15, 0.2) is 0 Å². The first kappa shape index (κ1) is 9.55. The molecule has 0 saturated heterocycles. The van der Waals surface area contributed by atoms with Crippen LogP contribution in [0.25, 0.3) is 0 Å². The maximum atomic E-state index is 5.44. The highest BCUT2D eigenvalue weighted by Crippen LogP contribution is 2.13. The topological polar surface area (TPSA) is 30.5 Å². The summed E-state index contributed by atoms with van der Waals surface area (Å²) >= 11 is 0. The molecule has 12 heavy (non-hydrogen) atoms. The van der Waals surface area contributed by atoms with Crippen LogP contribution < -0.4 is 5.32 Å². The summed E-state index contributed by atoms with van der Waals surface area (Å²) in [6.07, 6.45) is 3.16. The van der Waals surface area contributed by atoms with Crippen LogP contribution in [0.3, 0.4) is 0 Å². The Hall–Kier alpha value is -0.540. The highest BCUT2D eigenvalue weighted by molar-refractivity contribution is 5.07. The van der Waals surface area contributed by atoms with Gasteiger partial charge in [0.05, 0.1) is 19.3 Å². The smallest absolute Gasteiger partial charge is 0.111 e. The van der Waals surface area contributed by atoms with Gasteiger partial charge in [-0.25, -0.2) is 0 Å². The first-order valence-electron chi connectivity index (χ1n) is 4.43. The number of rotatable bonds is 5. The van der Waals surface area contributed by atoms with E-state index >= 15 is 0 Å². The Morgan fingerprint density at radius 3 is 3.08 bits per heavy atom. The Morgan fingerprint density at radius 1 is 1.75 bits per heavy atom. The number of likely N-dealkylation sites (N-methyl/N-ethyl adjacent to an activating group) is 1. The molecular weight excluding hydrogens is 154 g/mol. The summed E-state index contributed by atoms with van der Waals surface area (Å²) in [5.74, 6) is 1.04. The van der Waals surface area contributed by atoms with Crippen molar-refractivity contribution in [3.63, 3.8) is 0 Å². The van der Waals surface area contributed by atoms with Gasteiger partial charge in [-0.2, -0.15) is 0 Å². The van der Waals surface area contributed by atoms with Crippen molar-refractivity contribution in [2.24, 2.45) is 0 Å². The minimum absolute atomic E-state index is 0.238. The maximum Gasteiger partial charge on any atom is 0.111 e. The van der Waals surface area contributed by atoms with E-state index in [0.29, 0.717) is 6.61 Å². The summed E-state index contributed by atoms with van der Waals surface area (Å²) in [7, 11) is 1.71. The fourth-order valence-electron chi connectivity index (χ4n) is 1.33. The third kappa shape index (κ3) is 2.50. The predicted octanol–water partition coefficient (Wildman–Crippen LogP) is 0.915. The van der Waals surface area contributed by atoms with Crippen LogP contribution >= 0.6 is 0 Å². The molecule has 0 aromatic carbocycles. The van der Waals surface area contributed by atoms with Gasteiger partial charge in [-0.15, -0.1) is 0 Å². The molecule has 1 N–H and O–H groups in total. The molecule has 0 bridgehead atoms. The van der Waals surface area contributed by atoms with Crippen molar-refractivity contribution in [2.45, 2.75) is 19.4 Å². The Balaban J connectivity index is 2.40. The Labute approximate surface area is 73.7 Å². The molecule has 0 aliphatic carbocycles. The molecule has 1 atom stereocenters. The lowest BCUT2D eigenvalue weighted by atomic mass is 10.2. The van der Waals surface area contributed by atoms with Crippen LogP contribution in [0.5, 0.6) is 0 Å². The van der Waals surface area contributed by atoms with Crippen LogP contribution in [0.15, 0.2) is 11.8 Å². The third-order valence-electron chi connectivity index (χ3n) is 1.86. The summed E-state index contributed by atoms with van der Waals surface area (Å²) in [4.78, 5) is 0. The molecule has 1 aliphatic heterocycles. The average molecular weight is 171 g/mol. The highest BCUT2D eigenvalue weighted by atomic mass is 16.5. The standard InChI is InChI=1S/C9H17NO2/c1-3-10-8(7-11-2)9-5-4-6-12-9/h5,8,10H,3-4,6-7H2,1-2H3. The van der Waals surface area contributed by atoms with Crippen molar-refractivity contribution in [3.8, 4) is 0 Å². The lowest BCUT2D eigenvalue weighted by molar-refractivity contribution is 0.139. The van der Waals surface area contributed by atoms with Crippen LogP contribution in [0.2, 0.25) is 0 Å². The van der Waals surface area contributed by atoms with Gasteiger partial charge in [0.1, 0.15) is 5.76 Å². The SMILES string of the molecule is CCNC(COC)C1=CCCO1. The van der Waals surface area contributed by atoms with Gasteiger partial charge in [-0.3, -0.25) is 0 Å². The van der Waals surface area contributed by atoms with Gasteiger partial charge in [0, 0.05) is 13.5 Å². The van der Waals surface area contributed by atoms with E-state index in [1.54, 1.807) is 7.11 Å². The summed E-state index contributed by atoms with van der Waals surface area (Å²) in [6, 6.07) is 0.238. The fourth-order valence-corrected chi connectivity index (χ4v) is 1.33. The predicted molar refractivity (Wildman–Crippen MR) is 48.0 cm³/mol. The summed E-state index contributed by atoms with van der Waals surface area (Å²) in [6.45, 7) is 4.52. The monoisotopic (exact) mass is 171 g/mol. The molecule has 0 radical (unpaired) electrons. The Kier molecular flexibility index (Phi) is 4.11. The zero-order valence-corrected chi connectivity index (χ0v) is 7.80. The van der Waals surface area contributed by atoms with Gasteiger partial charge < -0.3 is 14.8 Å². The molecule has 1 rings (SSSR count). The first-order chi connectivity index (χ1) is 5.88. The van der Waals surface area contributed by atoms with E-state index in [2.05, 4.69) is 18.3 Å². The molecule has 0 aromatic rings. The van der Waals surface area contributed by atoms with Crippen molar-refractivity contribution in [3.05, 3.63) is 11.8 Å². The molecule has 1 aliphatic rings. The van der Waals surface area contributed by atoms with Gasteiger partial charge >= 0.3 is 0 Å². The number of hydrogen-bond acceptors (Lipinski definition) is 3. The molecule has 0 fully saturated rings. The van der Waals surface area contributed by atoms with Gasteiger partial charge in [0.25, 0.3) is 0 Å². The number of methoxy groups -OCH3 is 1. The lowest BCUT2D eigenvalue weighted by Crippen LogP contribution is -2.35. The van der Waals surface area contributed by atoms with Crippen LogP contribution in [0.1, 0.15) is 13.3 Å². The third-order valence-corrected chi connectivity index (χ3v) is 1.86. The quantitative estimate of drug-likeness (QED) is 0.667. The fraction of sp³-hybridized carbons (Fsp3) is 0.778. The molecule has 0 spiro atoms. The van der Waals surface area contributed by atoms with E-state index < -0.39 is 0 Å². The minimum Gasteiger partial charge on any atom is -0.496 e. The zero-order valence-electron chi connectivity index (χ0n) is 7.80. The Bertz CT molecular complexity index is 151. The second-order valence-electron chi connectivity index (χ2n) is 2.81. The van der Waals surface area contributed by atoms with Gasteiger partial charge in [-0.1, -0.05) is 6.92 Å². The van der Waals surface area contributed by atoms with Gasteiger partial charge in [-0.05, 0) is 12.6 Å². The first-order valence-corrected chi connectivity index (χ1v) is 4.43. The van der Waals surface area contributed by atoms with Crippen LogP contribution in [0, 0.1) is 0 Å². The van der Waals surface area contributed by atoms with E-state index in [-0.39, 0.29) is 6.04 Å². The number of ether oxygens (including phenoxy) is 2. The summed E-state index contributed by atoms with van der Waals surface area (Å²) in [5.41, 5.74) is 0. The van der Waals surface area contributed by atoms with E-state index in [1.165, 1.54) is 0 Å². The molecule has 3 heteroatoms. The van der Waals surface area contributed by atoms with Crippen molar-refractivity contribution >= 4 is 0 Å². The average Bonchev–Trinajstić information content (AvgIpc) is 2.56. The summed E-state index contributed by atoms with van der Waals surface area (Å²) < 4.78 is 10.5. The van der Waals surface area contributed by atoms with Crippen LogP contribution in [0.4, 0.5) is 0 Å². The number of nitrogens with one attached hydrogen (secondary N) is 1. The normalized spacial score (nSPS) is 18.7. The molecule has 0 amide bonds. The van der Waals surface area contributed by atoms with E-state index in [4.69, 9.17) is 9.47 Å². The van der Waals surface area contributed by atoms with E-state index in [9.17, 15) is 0 Å².